The van der Waals surface area contributed by atoms with Gasteiger partial charge >= 0.3 is 17.9 Å². The molecule has 0 bridgehead atoms. The Hall–Kier alpha value is -3.01. The highest BCUT2D eigenvalue weighted by atomic mass is 16.7. The van der Waals surface area contributed by atoms with Crippen LogP contribution in [0.2, 0.25) is 0 Å². The lowest BCUT2D eigenvalue weighted by Gasteiger charge is -2.25. The summed E-state index contributed by atoms with van der Waals surface area (Å²) < 4.78 is 22.9. The van der Waals surface area contributed by atoms with Crippen LogP contribution in [0.3, 0.4) is 0 Å². The summed E-state index contributed by atoms with van der Waals surface area (Å²) in [4.78, 5) is 37.4. The van der Waals surface area contributed by atoms with Gasteiger partial charge in [0.2, 0.25) is 0 Å². The molecule has 2 atom stereocenters. The zero-order valence-electron chi connectivity index (χ0n) is 51.1. The van der Waals surface area contributed by atoms with Crippen molar-refractivity contribution in [2.45, 2.75) is 309 Å². The minimum absolute atomic E-state index is 0.185. The molecule has 0 aromatic rings. The summed E-state index contributed by atoms with van der Waals surface area (Å²) in [5, 5.41) is 9.71. The average molecular weight is 1080 g/mol. The summed E-state index contributed by atoms with van der Waals surface area (Å²) in [5.41, 5.74) is 0. The molecule has 1 N–H and O–H groups in total. The van der Waals surface area contributed by atoms with E-state index in [-0.39, 0.29) is 38.6 Å². The van der Waals surface area contributed by atoms with Crippen molar-refractivity contribution in [3.63, 3.8) is 0 Å². The molecule has 9 nitrogen and oxygen atoms in total. The number of carboxylic acid groups (broad SMARTS) is 1. The average Bonchev–Trinajstić information content (AvgIpc) is 3.40. The van der Waals surface area contributed by atoms with Crippen LogP contribution in [0.15, 0.2) is 60.8 Å². The number of carbonyl (C=O) groups excluding carboxylic acids is 2. The maximum atomic E-state index is 12.9. The first kappa shape index (κ1) is 74.0. The third kappa shape index (κ3) is 60.5. The van der Waals surface area contributed by atoms with E-state index in [0.717, 1.165) is 77.0 Å². The highest BCUT2D eigenvalue weighted by Gasteiger charge is 2.25. The van der Waals surface area contributed by atoms with Crippen molar-refractivity contribution < 1.29 is 42.9 Å². The van der Waals surface area contributed by atoms with Gasteiger partial charge in [0.15, 0.2) is 6.10 Å². The Labute approximate surface area is 475 Å². The largest absolute Gasteiger partial charge is 0.477 e. The van der Waals surface area contributed by atoms with Gasteiger partial charge in [-0.05, 0) is 83.5 Å². The van der Waals surface area contributed by atoms with Crippen LogP contribution in [0, 0.1) is 0 Å². The molecule has 0 aliphatic heterocycles. The quantitative estimate of drug-likeness (QED) is 0.0211. The molecule has 448 valence electrons. The van der Waals surface area contributed by atoms with Crippen LogP contribution >= 0.6 is 0 Å². The smallest absolute Gasteiger partial charge is 0.361 e. The van der Waals surface area contributed by atoms with E-state index in [2.05, 4.69) is 74.6 Å². The maximum absolute atomic E-state index is 12.9. The van der Waals surface area contributed by atoms with Crippen molar-refractivity contribution in [1.82, 2.24) is 0 Å². The van der Waals surface area contributed by atoms with Crippen LogP contribution in [0.4, 0.5) is 0 Å². The number of allylic oxidation sites excluding steroid dienone is 10. The number of aliphatic carboxylic acids is 1. The zero-order chi connectivity index (χ0) is 56.2. The molecule has 9 heteroatoms. The Morgan fingerprint density at radius 2 is 0.701 bits per heavy atom. The summed E-state index contributed by atoms with van der Waals surface area (Å²) in [6.45, 7) is 4.85. The van der Waals surface area contributed by atoms with E-state index in [1.807, 2.05) is 21.1 Å². The molecule has 0 fully saturated rings. The molecule has 2 unspecified atom stereocenters. The fourth-order valence-corrected chi connectivity index (χ4v) is 9.23. The number of hydrogen-bond acceptors (Lipinski definition) is 7. The fraction of sp³-hybridized carbons (Fsp3) is 0.809. The SMILES string of the molecule is CCCCC/C=C\C/C=C\CCCCCCCC(=O)OCC(COC(OCC[N+](C)(C)C)C(=O)O)OC(=O)CCCCCCCCCCCCCCCCCCCCCCCC/C=C\C/C=C\C/C=C\CCCCCCC. The van der Waals surface area contributed by atoms with Crippen LogP contribution in [0.5, 0.6) is 0 Å². The molecule has 0 spiro atoms. The van der Waals surface area contributed by atoms with Gasteiger partial charge in [0.1, 0.15) is 13.2 Å². The Morgan fingerprint density at radius 1 is 0.390 bits per heavy atom. The van der Waals surface area contributed by atoms with Crippen LogP contribution in [0.1, 0.15) is 296 Å². The van der Waals surface area contributed by atoms with Crippen LogP contribution in [-0.2, 0) is 33.3 Å². The number of nitrogens with zero attached hydrogens (tertiary/aromatic N) is 1. The molecular formula is C68H124NO8+. The minimum atomic E-state index is -1.51. The number of likely N-dealkylation sites (N-methyl/N-ethyl adjacent to an activating group) is 1. The molecule has 0 amide bonds. The first-order chi connectivity index (χ1) is 37.6. The Kier molecular flexibility index (Phi) is 56.8. The number of rotatable bonds is 60. The monoisotopic (exact) mass is 1080 g/mol. The molecule has 0 rings (SSSR count). The first-order valence-corrected chi connectivity index (χ1v) is 32.5. The molecule has 0 saturated heterocycles. The van der Waals surface area contributed by atoms with Gasteiger partial charge in [-0.3, -0.25) is 9.59 Å². The maximum Gasteiger partial charge on any atom is 0.361 e. The highest BCUT2D eigenvalue weighted by Crippen LogP contribution is 2.17. The van der Waals surface area contributed by atoms with Crippen LogP contribution in [-0.4, -0.2) is 87.4 Å². The first-order valence-electron chi connectivity index (χ1n) is 32.5. The number of hydrogen-bond donors (Lipinski definition) is 1. The predicted octanol–water partition coefficient (Wildman–Crippen LogP) is 19.6. The van der Waals surface area contributed by atoms with Crippen molar-refractivity contribution in [2.75, 3.05) is 47.5 Å². The van der Waals surface area contributed by atoms with Crippen LogP contribution < -0.4 is 0 Å². The van der Waals surface area contributed by atoms with Crippen molar-refractivity contribution in [1.29, 1.82) is 0 Å². The van der Waals surface area contributed by atoms with Gasteiger partial charge in [0.25, 0.3) is 6.29 Å². The number of quaternary nitrogens is 1. The second-order valence-electron chi connectivity index (χ2n) is 23.1. The van der Waals surface area contributed by atoms with Gasteiger partial charge in [-0.15, -0.1) is 0 Å². The fourth-order valence-electron chi connectivity index (χ4n) is 9.23. The van der Waals surface area contributed by atoms with Crippen molar-refractivity contribution in [3.05, 3.63) is 60.8 Å². The second kappa shape index (κ2) is 59.1. The Morgan fingerprint density at radius 3 is 1.06 bits per heavy atom. The molecular weight excluding hydrogens is 959 g/mol. The highest BCUT2D eigenvalue weighted by molar-refractivity contribution is 5.71. The number of carboxylic acids is 1. The van der Waals surface area contributed by atoms with Crippen molar-refractivity contribution >= 4 is 17.9 Å². The summed E-state index contributed by atoms with van der Waals surface area (Å²) >= 11 is 0. The van der Waals surface area contributed by atoms with E-state index in [0.29, 0.717) is 11.0 Å². The van der Waals surface area contributed by atoms with Crippen molar-refractivity contribution in [3.8, 4) is 0 Å². The molecule has 0 radical (unpaired) electrons. The third-order valence-corrected chi connectivity index (χ3v) is 14.2. The lowest BCUT2D eigenvalue weighted by Crippen LogP contribution is -2.40. The van der Waals surface area contributed by atoms with E-state index >= 15 is 0 Å². The minimum Gasteiger partial charge on any atom is -0.477 e. The van der Waals surface area contributed by atoms with Crippen LogP contribution in [0.25, 0.3) is 0 Å². The standard InChI is InChI=1S/C68H123NO8/c1-6-8-10-12-14-16-18-20-22-23-24-25-26-27-28-29-30-31-32-33-34-35-36-37-38-39-40-41-42-43-45-47-49-51-53-55-57-59-66(71)77-64(63-76-68(67(72)73)74-61-60-69(3,4)5)62-75-65(70)58-56-54-52-50-48-46-44-21-19-17-15-13-11-9-7-2/h15,17-18,20-21,23-24,26-27,44,64,68H,6-14,16,19,22,25,28-43,45-63H2,1-5H3/p+1/b17-15-,20-18-,24-23-,27-26-,44-21-. The van der Waals surface area contributed by atoms with Gasteiger partial charge in [0.05, 0.1) is 34.4 Å². The van der Waals surface area contributed by atoms with Gasteiger partial charge in [-0.2, -0.15) is 0 Å². The third-order valence-electron chi connectivity index (χ3n) is 14.2. The Balaban J connectivity index is 4.01. The normalized spacial score (nSPS) is 13.1. The molecule has 0 aliphatic carbocycles. The lowest BCUT2D eigenvalue weighted by atomic mass is 10.0. The zero-order valence-corrected chi connectivity index (χ0v) is 51.1. The van der Waals surface area contributed by atoms with E-state index in [1.54, 1.807) is 0 Å². The summed E-state index contributed by atoms with van der Waals surface area (Å²) in [5.74, 6) is -2.01. The number of ether oxygens (including phenoxy) is 4. The molecule has 0 aromatic carbocycles. The van der Waals surface area contributed by atoms with Gasteiger partial charge in [-0.25, -0.2) is 4.79 Å². The summed E-state index contributed by atoms with van der Waals surface area (Å²) in [7, 11) is 5.97. The predicted molar refractivity (Wildman–Crippen MR) is 327 cm³/mol. The molecule has 77 heavy (non-hydrogen) atoms. The lowest BCUT2D eigenvalue weighted by molar-refractivity contribution is -0.870. The van der Waals surface area contributed by atoms with E-state index in [9.17, 15) is 19.5 Å². The van der Waals surface area contributed by atoms with E-state index < -0.39 is 24.3 Å². The number of carbonyl (C=O) groups is 3. The van der Waals surface area contributed by atoms with Crippen molar-refractivity contribution in [2.24, 2.45) is 0 Å². The number of unbranched alkanes of at least 4 members (excludes halogenated alkanes) is 35. The van der Waals surface area contributed by atoms with Gasteiger partial charge in [0, 0.05) is 12.8 Å². The van der Waals surface area contributed by atoms with E-state index in [1.165, 1.54) is 193 Å². The second-order valence-corrected chi connectivity index (χ2v) is 23.1. The summed E-state index contributed by atoms with van der Waals surface area (Å²) in [6.07, 6.45) is 73.3. The molecule has 0 aromatic heterocycles. The topological polar surface area (TPSA) is 108 Å². The Bertz CT molecular complexity index is 1450. The molecule has 0 saturated carbocycles. The number of esters is 2. The van der Waals surface area contributed by atoms with Gasteiger partial charge < -0.3 is 28.5 Å². The van der Waals surface area contributed by atoms with E-state index in [4.69, 9.17) is 18.9 Å². The summed E-state index contributed by atoms with van der Waals surface area (Å²) in [6, 6.07) is 0. The molecule has 0 heterocycles. The van der Waals surface area contributed by atoms with Gasteiger partial charge in [-0.1, -0.05) is 261 Å². The molecule has 0 aliphatic rings.